The Morgan fingerprint density at radius 1 is 1.48 bits per heavy atom. The van der Waals surface area contributed by atoms with E-state index in [4.69, 9.17) is 0 Å². The van der Waals surface area contributed by atoms with Crippen LogP contribution in [0.25, 0.3) is 4.96 Å². The third-order valence-corrected chi connectivity index (χ3v) is 4.92. The molecule has 0 unspecified atom stereocenters. The molecule has 3 heterocycles. The molecule has 1 fully saturated rings. The maximum atomic E-state index is 12.0. The van der Waals surface area contributed by atoms with Gasteiger partial charge >= 0.3 is 0 Å². The average Bonchev–Trinajstić information content (AvgIpc) is 2.96. The highest BCUT2D eigenvalue weighted by molar-refractivity contribution is 7.15. The van der Waals surface area contributed by atoms with Crippen LogP contribution in [-0.4, -0.2) is 40.5 Å². The van der Waals surface area contributed by atoms with Gasteiger partial charge in [-0.2, -0.15) is 0 Å². The molecule has 2 aromatic heterocycles. The predicted molar refractivity (Wildman–Crippen MR) is 85.9 cm³/mol. The molecule has 3 rings (SSSR count). The van der Waals surface area contributed by atoms with E-state index >= 15 is 0 Å². The molecule has 0 aromatic carbocycles. The zero-order valence-corrected chi connectivity index (χ0v) is 13.2. The first-order valence-corrected chi connectivity index (χ1v) is 8.53. The largest absolute Gasteiger partial charge is 0.317 e. The van der Waals surface area contributed by atoms with E-state index < -0.39 is 0 Å². The molecule has 0 spiro atoms. The summed E-state index contributed by atoms with van der Waals surface area (Å²) in [5.74, 6) is 0.762. The van der Waals surface area contributed by atoms with Crippen LogP contribution in [0.15, 0.2) is 22.4 Å². The fraction of sp³-hybridized carbons (Fsp3) is 0.600. The van der Waals surface area contributed by atoms with Crippen LogP contribution < -0.4 is 10.9 Å². The molecule has 1 saturated heterocycles. The van der Waals surface area contributed by atoms with Crippen LogP contribution >= 0.6 is 11.3 Å². The van der Waals surface area contributed by atoms with Crippen LogP contribution in [0.5, 0.6) is 0 Å². The van der Waals surface area contributed by atoms with Gasteiger partial charge in [-0.25, -0.2) is 4.98 Å². The van der Waals surface area contributed by atoms with Crippen molar-refractivity contribution in [1.29, 1.82) is 0 Å². The highest BCUT2D eigenvalue weighted by Gasteiger charge is 2.17. The molecule has 1 aliphatic rings. The van der Waals surface area contributed by atoms with Gasteiger partial charge in [-0.1, -0.05) is 6.92 Å². The van der Waals surface area contributed by atoms with Gasteiger partial charge in [-0.05, 0) is 38.4 Å². The summed E-state index contributed by atoms with van der Waals surface area (Å²) in [5, 5.41) is 5.31. The van der Waals surface area contributed by atoms with E-state index in [1.165, 1.54) is 24.2 Å². The number of rotatable bonds is 5. The fourth-order valence-corrected chi connectivity index (χ4v) is 3.67. The molecule has 0 atom stereocenters. The van der Waals surface area contributed by atoms with Crippen molar-refractivity contribution >= 4 is 16.3 Å². The van der Waals surface area contributed by atoms with E-state index in [2.05, 4.69) is 22.1 Å². The lowest BCUT2D eigenvalue weighted by Gasteiger charge is -2.29. The molecular formula is C15H22N4OS. The molecule has 6 heteroatoms. The first-order valence-electron chi connectivity index (χ1n) is 7.65. The normalized spacial score (nSPS) is 16.9. The maximum Gasteiger partial charge on any atom is 0.258 e. The summed E-state index contributed by atoms with van der Waals surface area (Å²) in [7, 11) is 0. The van der Waals surface area contributed by atoms with Gasteiger partial charge in [-0.15, -0.1) is 11.3 Å². The van der Waals surface area contributed by atoms with Crippen LogP contribution in [0.4, 0.5) is 0 Å². The lowest BCUT2D eigenvalue weighted by Crippen LogP contribution is -2.36. The molecule has 0 aliphatic carbocycles. The lowest BCUT2D eigenvalue weighted by atomic mass is 9.97. The highest BCUT2D eigenvalue weighted by atomic mass is 32.1. The van der Waals surface area contributed by atoms with Gasteiger partial charge in [0, 0.05) is 30.7 Å². The number of thiazole rings is 1. The van der Waals surface area contributed by atoms with E-state index in [9.17, 15) is 4.79 Å². The Morgan fingerprint density at radius 3 is 3.05 bits per heavy atom. The Bertz CT molecular complexity index is 644. The number of hydrogen-bond acceptors (Lipinski definition) is 5. The van der Waals surface area contributed by atoms with Crippen molar-refractivity contribution in [3.8, 4) is 0 Å². The number of nitrogens with one attached hydrogen (secondary N) is 1. The zero-order valence-electron chi connectivity index (χ0n) is 12.4. The monoisotopic (exact) mass is 306 g/mol. The second kappa shape index (κ2) is 6.68. The summed E-state index contributed by atoms with van der Waals surface area (Å²) in [6.07, 6.45) is 4.28. The maximum absolute atomic E-state index is 12.0. The van der Waals surface area contributed by atoms with Crippen molar-refractivity contribution in [3.05, 3.63) is 33.7 Å². The quantitative estimate of drug-likeness (QED) is 0.911. The second-order valence-corrected chi connectivity index (χ2v) is 6.54. The summed E-state index contributed by atoms with van der Waals surface area (Å²) in [4.78, 5) is 19.8. The van der Waals surface area contributed by atoms with Gasteiger partial charge in [0.1, 0.15) is 0 Å². The Labute approximate surface area is 128 Å². The van der Waals surface area contributed by atoms with Crippen LogP contribution in [0, 0.1) is 5.92 Å². The topological polar surface area (TPSA) is 49.6 Å². The Balaban J connectivity index is 1.70. The smallest absolute Gasteiger partial charge is 0.258 e. The molecule has 1 aliphatic heterocycles. The molecule has 5 nitrogen and oxygen atoms in total. The molecule has 114 valence electrons. The first-order chi connectivity index (χ1) is 10.3. The number of aromatic nitrogens is 2. The van der Waals surface area contributed by atoms with Crippen molar-refractivity contribution in [2.24, 2.45) is 5.92 Å². The lowest BCUT2D eigenvalue weighted by molar-refractivity contribution is 0.205. The molecule has 0 saturated carbocycles. The summed E-state index contributed by atoms with van der Waals surface area (Å²) < 4.78 is 1.61. The van der Waals surface area contributed by atoms with E-state index in [-0.39, 0.29) is 5.56 Å². The van der Waals surface area contributed by atoms with E-state index in [0.29, 0.717) is 0 Å². The average molecular weight is 306 g/mol. The summed E-state index contributed by atoms with van der Waals surface area (Å²) in [6, 6.07) is 1.67. The van der Waals surface area contributed by atoms with Crippen LogP contribution in [0.3, 0.4) is 0 Å². The van der Waals surface area contributed by atoms with Gasteiger partial charge in [0.25, 0.3) is 5.56 Å². The van der Waals surface area contributed by atoms with Crippen molar-refractivity contribution in [2.75, 3.05) is 26.2 Å². The molecule has 0 amide bonds. The van der Waals surface area contributed by atoms with E-state index in [1.807, 2.05) is 5.38 Å². The molecule has 0 bridgehead atoms. The fourth-order valence-electron chi connectivity index (χ4n) is 2.93. The number of hydrogen-bond donors (Lipinski definition) is 1. The van der Waals surface area contributed by atoms with Crippen molar-refractivity contribution in [2.45, 2.75) is 26.3 Å². The standard InChI is InChI=1S/C15H22N4OS/c1-2-18(10-12-3-5-16-6-4-12)11-13-9-14(20)19-7-8-21-15(19)17-13/h7-9,12,16H,2-6,10-11H2,1H3. The number of piperidine rings is 1. The summed E-state index contributed by atoms with van der Waals surface area (Å²) >= 11 is 1.51. The van der Waals surface area contributed by atoms with Gasteiger partial charge in [0.05, 0.1) is 5.69 Å². The van der Waals surface area contributed by atoms with E-state index in [0.717, 1.165) is 49.3 Å². The van der Waals surface area contributed by atoms with Crippen molar-refractivity contribution < 1.29 is 0 Å². The minimum Gasteiger partial charge on any atom is -0.317 e. The Kier molecular flexibility index (Phi) is 4.67. The van der Waals surface area contributed by atoms with E-state index in [1.54, 1.807) is 16.7 Å². The highest BCUT2D eigenvalue weighted by Crippen LogP contribution is 2.15. The number of fused-ring (bicyclic) bond motifs is 1. The SMILES string of the molecule is CCN(Cc1cc(=O)n2ccsc2n1)CC1CCNCC1. The third kappa shape index (κ3) is 3.51. The van der Waals surface area contributed by atoms with Crippen LogP contribution in [0.1, 0.15) is 25.5 Å². The molecule has 0 radical (unpaired) electrons. The van der Waals surface area contributed by atoms with Crippen LogP contribution in [0.2, 0.25) is 0 Å². The number of nitrogens with zero attached hydrogens (tertiary/aromatic N) is 3. The summed E-state index contributed by atoms with van der Waals surface area (Å²) in [6.45, 7) is 7.30. The first kappa shape index (κ1) is 14.7. The second-order valence-electron chi connectivity index (χ2n) is 5.66. The Hall–Kier alpha value is -1.24. The van der Waals surface area contributed by atoms with Crippen LogP contribution in [-0.2, 0) is 6.54 Å². The third-order valence-electron chi connectivity index (χ3n) is 4.16. The predicted octanol–water partition coefficient (Wildman–Crippen LogP) is 1.58. The van der Waals surface area contributed by atoms with Crippen molar-refractivity contribution in [1.82, 2.24) is 19.6 Å². The molecule has 1 N–H and O–H groups in total. The Morgan fingerprint density at radius 2 is 2.29 bits per heavy atom. The minimum atomic E-state index is 0.0224. The molecule has 2 aromatic rings. The van der Waals surface area contributed by atoms with Gasteiger partial charge in [0.15, 0.2) is 4.96 Å². The van der Waals surface area contributed by atoms with Gasteiger partial charge < -0.3 is 5.32 Å². The van der Waals surface area contributed by atoms with Gasteiger partial charge in [0.2, 0.25) is 0 Å². The minimum absolute atomic E-state index is 0.0224. The molecule has 21 heavy (non-hydrogen) atoms. The van der Waals surface area contributed by atoms with Crippen molar-refractivity contribution in [3.63, 3.8) is 0 Å². The van der Waals surface area contributed by atoms with Gasteiger partial charge in [-0.3, -0.25) is 14.1 Å². The zero-order chi connectivity index (χ0) is 14.7. The molecular weight excluding hydrogens is 284 g/mol. The summed E-state index contributed by atoms with van der Waals surface area (Å²) in [5.41, 5.74) is 0.910.